The van der Waals surface area contributed by atoms with E-state index in [2.05, 4.69) is 31.9 Å². The van der Waals surface area contributed by atoms with Gasteiger partial charge in [0.15, 0.2) is 5.82 Å². The second-order valence-electron chi connectivity index (χ2n) is 5.81. The predicted octanol–water partition coefficient (Wildman–Crippen LogP) is 2.24. The molecule has 0 bridgehead atoms. The maximum atomic E-state index is 12.1. The molecular weight excluding hydrogens is 330 g/mol. The van der Waals surface area contributed by atoms with Crippen LogP contribution in [-0.2, 0) is 13.1 Å². The van der Waals surface area contributed by atoms with Crippen LogP contribution in [0.15, 0.2) is 42.7 Å². The van der Waals surface area contributed by atoms with Crippen LogP contribution in [0, 0.1) is 11.3 Å². The topological polar surface area (TPSA) is 109 Å². The van der Waals surface area contributed by atoms with Gasteiger partial charge in [0.2, 0.25) is 0 Å². The number of nitrogens with one attached hydrogen (secondary N) is 2. The number of benzene rings is 1. The number of aryl methyl sites for hydroxylation is 1. The van der Waals surface area contributed by atoms with Crippen LogP contribution in [0.4, 0.5) is 11.5 Å². The SMILES string of the molecule is N#CCCn1cnnc1-c1cccc(Nc2cccc3c2C(=O)NC3)n1. The summed E-state index contributed by atoms with van der Waals surface area (Å²) in [7, 11) is 0. The third-order valence-corrected chi connectivity index (χ3v) is 4.14. The quantitative estimate of drug-likeness (QED) is 0.734. The molecule has 26 heavy (non-hydrogen) atoms. The van der Waals surface area contributed by atoms with Gasteiger partial charge in [0.1, 0.15) is 17.8 Å². The number of pyridine rings is 1. The number of nitrogens with zero attached hydrogens (tertiary/aromatic N) is 5. The number of rotatable bonds is 5. The molecule has 3 aromatic rings. The molecule has 0 atom stereocenters. The summed E-state index contributed by atoms with van der Waals surface area (Å²) in [5.74, 6) is 1.11. The van der Waals surface area contributed by atoms with Gasteiger partial charge in [-0.15, -0.1) is 10.2 Å². The molecule has 0 saturated carbocycles. The molecule has 2 N–H and O–H groups in total. The summed E-state index contributed by atoms with van der Waals surface area (Å²) in [6.45, 7) is 1.05. The molecule has 1 aliphatic rings. The summed E-state index contributed by atoms with van der Waals surface area (Å²) in [6.07, 6.45) is 1.96. The molecule has 3 heterocycles. The molecule has 2 aromatic heterocycles. The zero-order valence-electron chi connectivity index (χ0n) is 13.8. The van der Waals surface area contributed by atoms with Gasteiger partial charge in [0, 0.05) is 13.1 Å². The van der Waals surface area contributed by atoms with Crippen molar-refractivity contribution in [1.82, 2.24) is 25.1 Å². The summed E-state index contributed by atoms with van der Waals surface area (Å²) >= 11 is 0. The van der Waals surface area contributed by atoms with Gasteiger partial charge < -0.3 is 15.2 Å². The number of carbonyl (C=O) groups is 1. The van der Waals surface area contributed by atoms with E-state index in [1.54, 1.807) is 10.9 Å². The molecule has 1 aromatic carbocycles. The first-order chi connectivity index (χ1) is 12.8. The molecule has 0 fully saturated rings. The highest BCUT2D eigenvalue weighted by Crippen LogP contribution is 2.27. The van der Waals surface area contributed by atoms with Gasteiger partial charge in [-0.25, -0.2) is 4.98 Å². The fourth-order valence-corrected chi connectivity index (χ4v) is 2.94. The normalized spacial score (nSPS) is 12.3. The molecule has 0 spiro atoms. The molecule has 8 heteroatoms. The first-order valence-corrected chi connectivity index (χ1v) is 8.15. The highest BCUT2D eigenvalue weighted by molar-refractivity contribution is 6.04. The molecular formula is C18H15N7O. The third-order valence-electron chi connectivity index (χ3n) is 4.14. The first kappa shape index (κ1) is 15.8. The second-order valence-corrected chi connectivity index (χ2v) is 5.81. The van der Waals surface area contributed by atoms with Crippen LogP contribution in [-0.4, -0.2) is 25.7 Å². The molecule has 0 radical (unpaired) electrons. The van der Waals surface area contributed by atoms with E-state index < -0.39 is 0 Å². The summed E-state index contributed by atoms with van der Waals surface area (Å²) in [6, 6.07) is 13.3. The van der Waals surface area contributed by atoms with Gasteiger partial charge in [0.25, 0.3) is 5.91 Å². The van der Waals surface area contributed by atoms with Gasteiger partial charge in [0.05, 0.1) is 23.7 Å². The zero-order chi connectivity index (χ0) is 17.9. The number of amides is 1. The number of fused-ring (bicyclic) bond motifs is 1. The lowest BCUT2D eigenvalue weighted by Gasteiger charge is -2.10. The Balaban J connectivity index is 1.64. The lowest BCUT2D eigenvalue weighted by atomic mass is 10.1. The lowest BCUT2D eigenvalue weighted by molar-refractivity contribution is 0.0966. The van der Waals surface area contributed by atoms with Crippen LogP contribution in [0.1, 0.15) is 22.3 Å². The average molecular weight is 345 g/mol. The van der Waals surface area contributed by atoms with Crippen molar-refractivity contribution < 1.29 is 4.79 Å². The number of nitriles is 1. The minimum atomic E-state index is -0.0875. The fraction of sp³-hybridized carbons (Fsp3) is 0.167. The van der Waals surface area contributed by atoms with Crippen LogP contribution >= 0.6 is 0 Å². The summed E-state index contributed by atoms with van der Waals surface area (Å²) in [5, 5.41) is 22.8. The van der Waals surface area contributed by atoms with Crippen molar-refractivity contribution in [2.75, 3.05) is 5.32 Å². The van der Waals surface area contributed by atoms with Crippen molar-refractivity contribution in [2.45, 2.75) is 19.5 Å². The summed E-state index contributed by atoms with van der Waals surface area (Å²) in [5.41, 5.74) is 2.97. The summed E-state index contributed by atoms with van der Waals surface area (Å²) in [4.78, 5) is 16.6. The standard InChI is InChI=1S/C18H15N7O/c19-8-3-9-25-11-21-24-17(25)14-6-2-7-15(23-14)22-13-5-1-4-12-10-20-18(26)16(12)13/h1-2,4-7,11H,3,9-10H2,(H,20,26)(H,22,23). The minimum absolute atomic E-state index is 0.0875. The molecule has 4 rings (SSSR count). The number of hydrogen-bond donors (Lipinski definition) is 2. The maximum absolute atomic E-state index is 12.1. The van der Waals surface area contributed by atoms with Gasteiger partial charge in [-0.1, -0.05) is 18.2 Å². The van der Waals surface area contributed by atoms with Crippen molar-refractivity contribution in [3.63, 3.8) is 0 Å². The molecule has 0 saturated heterocycles. The zero-order valence-corrected chi connectivity index (χ0v) is 13.8. The Kier molecular flexibility index (Phi) is 4.03. The first-order valence-electron chi connectivity index (χ1n) is 8.15. The lowest BCUT2D eigenvalue weighted by Crippen LogP contribution is -2.13. The molecule has 8 nitrogen and oxygen atoms in total. The molecule has 1 aliphatic heterocycles. The Morgan fingerprint density at radius 2 is 2.15 bits per heavy atom. The van der Waals surface area contributed by atoms with Crippen LogP contribution in [0.2, 0.25) is 0 Å². The van der Waals surface area contributed by atoms with E-state index in [0.717, 1.165) is 5.56 Å². The monoisotopic (exact) mass is 345 g/mol. The number of anilines is 2. The van der Waals surface area contributed by atoms with Crippen LogP contribution in [0.3, 0.4) is 0 Å². The van der Waals surface area contributed by atoms with Gasteiger partial charge in [-0.2, -0.15) is 5.26 Å². The Hall–Kier alpha value is -3.73. The van der Waals surface area contributed by atoms with Gasteiger partial charge in [-0.3, -0.25) is 4.79 Å². The van der Waals surface area contributed by atoms with Crippen molar-refractivity contribution in [3.05, 3.63) is 53.9 Å². The number of hydrogen-bond acceptors (Lipinski definition) is 6. The van der Waals surface area contributed by atoms with E-state index in [-0.39, 0.29) is 5.91 Å². The van der Waals surface area contributed by atoms with Crippen LogP contribution in [0.5, 0.6) is 0 Å². The maximum Gasteiger partial charge on any atom is 0.254 e. The highest BCUT2D eigenvalue weighted by Gasteiger charge is 2.22. The Labute approximate surface area is 149 Å². The fourth-order valence-electron chi connectivity index (χ4n) is 2.94. The van der Waals surface area contributed by atoms with E-state index in [0.29, 0.717) is 48.1 Å². The largest absolute Gasteiger partial charge is 0.348 e. The third kappa shape index (κ3) is 2.86. The number of aromatic nitrogens is 4. The van der Waals surface area contributed by atoms with Crippen molar-refractivity contribution in [2.24, 2.45) is 0 Å². The Morgan fingerprint density at radius 3 is 3.04 bits per heavy atom. The Morgan fingerprint density at radius 1 is 1.27 bits per heavy atom. The molecule has 0 aliphatic carbocycles. The average Bonchev–Trinajstić information content (AvgIpc) is 3.28. The van der Waals surface area contributed by atoms with E-state index in [1.165, 1.54) is 0 Å². The molecule has 1 amide bonds. The van der Waals surface area contributed by atoms with Crippen molar-refractivity contribution in [1.29, 1.82) is 5.26 Å². The smallest absolute Gasteiger partial charge is 0.254 e. The van der Waals surface area contributed by atoms with E-state index >= 15 is 0 Å². The van der Waals surface area contributed by atoms with E-state index in [4.69, 9.17) is 5.26 Å². The van der Waals surface area contributed by atoms with Crippen molar-refractivity contribution in [3.8, 4) is 17.6 Å². The van der Waals surface area contributed by atoms with Crippen molar-refractivity contribution >= 4 is 17.4 Å². The van der Waals surface area contributed by atoms with E-state index in [1.807, 2.05) is 36.4 Å². The minimum Gasteiger partial charge on any atom is -0.348 e. The molecule has 0 unspecified atom stereocenters. The van der Waals surface area contributed by atoms with Gasteiger partial charge in [-0.05, 0) is 23.8 Å². The Bertz CT molecular complexity index is 1020. The van der Waals surface area contributed by atoms with Crippen LogP contribution < -0.4 is 10.6 Å². The van der Waals surface area contributed by atoms with Crippen LogP contribution in [0.25, 0.3) is 11.5 Å². The highest BCUT2D eigenvalue weighted by atomic mass is 16.1. The van der Waals surface area contributed by atoms with Gasteiger partial charge >= 0.3 is 0 Å². The second kappa shape index (κ2) is 6.64. The molecule has 128 valence electrons. The predicted molar refractivity (Wildman–Crippen MR) is 94.4 cm³/mol. The summed E-state index contributed by atoms with van der Waals surface area (Å²) < 4.78 is 1.79. The number of carbonyl (C=O) groups excluding carboxylic acids is 1. The van der Waals surface area contributed by atoms with E-state index in [9.17, 15) is 4.79 Å².